The molecule has 0 bridgehead atoms. The number of carboxylic acids is 1. The number of phenols is 1. The molecule has 0 saturated heterocycles. The number of phenolic OH excluding ortho intramolecular Hbond substituents is 1. The van der Waals surface area contributed by atoms with Crippen molar-refractivity contribution in [2.75, 3.05) is 13.1 Å². The van der Waals surface area contributed by atoms with Crippen LogP contribution in [-0.2, 0) is 25.6 Å². The molecule has 10 heteroatoms. The molecule has 0 radical (unpaired) electrons. The van der Waals surface area contributed by atoms with E-state index in [0.717, 1.165) is 0 Å². The van der Waals surface area contributed by atoms with E-state index in [9.17, 15) is 24.3 Å². The summed E-state index contributed by atoms with van der Waals surface area (Å²) in [6, 6.07) is 4.17. The largest absolute Gasteiger partial charge is 0.508 e. The fourth-order valence-corrected chi connectivity index (χ4v) is 2.20. The summed E-state index contributed by atoms with van der Waals surface area (Å²) in [5.41, 5.74) is 6.33. The lowest BCUT2D eigenvalue weighted by Gasteiger charge is -2.19. The highest BCUT2D eigenvalue weighted by molar-refractivity contribution is 5.92. The highest BCUT2D eigenvalue weighted by atomic mass is 16.4. The van der Waals surface area contributed by atoms with E-state index in [2.05, 4.69) is 16.0 Å². The lowest BCUT2D eigenvalue weighted by molar-refractivity contribution is -0.138. The molecule has 0 aliphatic carbocycles. The highest BCUT2D eigenvalue weighted by Gasteiger charge is 2.23. The van der Waals surface area contributed by atoms with Gasteiger partial charge in [0.25, 0.3) is 0 Å². The summed E-state index contributed by atoms with van der Waals surface area (Å²) in [7, 11) is 0. The number of hydrogen-bond donors (Lipinski definition) is 6. The molecular formula is C18H26N4O6. The van der Waals surface area contributed by atoms with Crippen LogP contribution < -0.4 is 21.7 Å². The minimum atomic E-state index is -1.22. The third-order valence-electron chi connectivity index (χ3n) is 3.89. The molecule has 0 aromatic heterocycles. The van der Waals surface area contributed by atoms with Crippen LogP contribution >= 0.6 is 0 Å². The average molecular weight is 394 g/mol. The van der Waals surface area contributed by atoms with Crippen LogP contribution in [0.15, 0.2) is 24.3 Å². The number of aliphatic carboxylic acids is 1. The van der Waals surface area contributed by atoms with Gasteiger partial charge in [-0.25, -0.2) is 0 Å². The van der Waals surface area contributed by atoms with Crippen molar-refractivity contribution in [3.8, 4) is 5.75 Å². The van der Waals surface area contributed by atoms with Gasteiger partial charge in [0.05, 0.1) is 12.6 Å². The molecule has 2 unspecified atom stereocenters. The number of carboxylic acid groups (broad SMARTS) is 1. The monoisotopic (exact) mass is 394 g/mol. The van der Waals surface area contributed by atoms with E-state index in [1.54, 1.807) is 26.0 Å². The van der Waals surface area contributed by atoms with Gasteiger partial charge in [-0.1, -0.05) is 26.0 Å². The van der Waals surface area contributed by atoms with Gasteiger partial charge in [0.2, 0.25) is 17.7 Å². The zero-order chi connectivity index (χ0) is 21.3. The van der Waals surface area contributed by atoms with Gasteiger partial charge in [-0.2, -0.15) is 0 Å². The SMILES string of the molecule is CC(C)C(N)C(=O)NCC(=O)NC(Cc1ccc(O)cc1)C(=O)NCC(=O)O. The zero-order valence-corrected chi connectivity index (χ0v) is 15.8. The minimum absolute atomic E-state index is 0.0452. The smallest absolute Gasteiger partial charge is 0.322 e. The van der Waals surface area contributed by atoms with Gasteiger partial charge < -0.3 is 31.9 Å². The van der Waals surface area contributed by atoms with Crippen molar-refractivity contribution in [1.82, 2.24) is 16.0 Å². The van der Waals surface area contributed by atoms with Crippen LogP contribution in [0.1, 0.15) is 19.4 Å². The molecular weight excluding hydrogens is 368 g/mol. The fraction of sp³-hybridized carbons (Fsp3) is 0.444. The summed E-state index contributed by atoms with van der Waals surface area (Å²) in [6.07, 6.45) is 0.0664. The number of carbonyl (C=O) groups is 4. The van der Waals surface area contributed by atoms with E-state index in [1.165, 1.54) is 12.1 Å². The maximum absolute atomic E-state index is 12.2. The molecule has 0 aliphatic heterocycles. The van der Waals surface area contributed by atoms with Gasteiger partial charge >= 0.3 is 5.97 Å². The van der Waals surface area contributed by atoms with Crippen LogP contribution in [-0.4, -0.2) is 59.1 Å². The quantitative estimate of drug-likeness (QED) is 0.287. The van der Waals surface area contributed by atoms with Gasteiger partial charge in [-0.3, -0.25) is 19.2 Å². The van der Waals surface area contributed by atoms with Gasteiger partial charge in [0.15, 0.2) is 0 Å². The minimum Gasteiger partial charge on any atom is -0.508 e. The third-order valence-corrected chi connectivity index (χ3v) is 3.89. The summed E-state index contributed by atoms with van der Waals surface area (Å²) in [6.45, 7) is 2.56. The Labute approximate surface area is 162 Å². The molecule has 0 fully saturated rings. The second-order valence-electron chi connectivity index (χ2n) is 6.59. The lowest BCUT2D eigenvalue weighted by atomic mass is 10.0. The average Bonchev–Trinajstić information content (AvgIpc) is 2.64. The highest BCUT2D eigenvalue weighted by Crippen LogP contribution is 2.11. The Hall–Kier alpha value is -3.14. The van der Waals surface area contributed by atoms with Gasteiger partial charge in [-0.15, -0.1) is 0 Å². The Morgan fingerprint density at radius 3 is 2.11 bits per heavy atom. The van der Waals surface area contributed by atoms with Crippen molar-refractivity contribution in [3.05, 3.63) is 29.8 Å². The Kier molecular flexibility index (Phi) is 8.89. The number of aromatic hydroxyl groups is 1. The molecule has 0 aliphatic rings. The first-order valence-corrected chi connectivity index (χ1v) is 8.70. The molecule has 28 heavy (non-hydrogen) atoms. The molecule has 10 nitrogen and oxygen atoms in total. The number of nitrogens with one attached hydrogen (secondary N) is 3. The molecule has 1 aromatic rings. The van der Waals surface area contributed by atoms with Crippen LogP contribution in [0.5, 0.6) is 5.75 Å². The first-order valence-electron chi connectivity index (χ1n) is 8.70. The Balaban J connectivity index is 2.73. The molecule has 154 valence electrons. The van der Waals surface area contributed by atoms with E-state index in [4.69, 9.17) is 10.8 Å². The number of hydrogen-bond acceptors (Lipinski definition) is 6. The van der Waals surface area contributed by atoms with Crippen molar-refractivity contribution in [1.29, 1.82) is 0 Å². The second-order valence-corrected chi connectivity index (χ2v) is 6.59. The molecule has 0 saturated carbocycles. The predicted octanol–water partition coefficient (Wildman–Crippen LogP) is -1.28. The molecule has 0 spiro atoms. The molecule has 2 atom stereocenters. The predicted molar refractivity (Wildman–Crippen MR) is 100 cm³/mol. The van der Waals surface area contributed by atoms with Crippen molar-refractivity contribution in [2.24, 2.45) is 11.7 Å². The maximum atomic E-state index is 12.2. The van der Waals surface area contributed by atoms with Crippen LogP contribution in [0.4, 0.5) is 0 Å². The number of amides is 3. The van der Waals surface area contributed by atoms with Crippen LogP contribution in [0.25, 0.3) is 0 Å². The van der Waals surface area contributed by atoms with E-state index >= 15 is 0 Å². The summed E-state index contributed by atoms with van der Waals surface area (Å²) in [5.74, 6) is -3.09. The summed E-state index contributed by atoms with van der Waals surface area (Å²) in [4.78, 5) is 46.9. The van der Waals surface area contributed by atoms with Gasteiger partial charge in [0, 0.05) is 6.42 Å². The number of rotatable bonds is 10. The standard InChI is InChI=1S/C18H26N4O6/c1-10(2)16(19)18(28)20-8-14(24)22-13(17(27)21-9-15(25)26)7-11-3-5-12(23)6-4-11/h3-6,10,13,16,23H,7-9,19H2,1-2H3,(H,20,28)(H,21,27)(H,22,24)(H,25,26). The van der Waals surface area contributed by atoms with Gasteiger partial charge in [0.1, 0.15) is 18.3 Å². The third kappa shape index (κ3) is 8.04. The number of benzene rings is 1. The van der Waals surface area contributed by atoms with Crippen LogP contribution in [0, 0.1) is 5.92 Å². The van der Waals surface area contributed by atoms with E-state index in [1.807, 2.05) is 0 Å². The van der Waals surface area contributed by atoms with Gasteiger partial charge in [-0.05, 0) is 23.6 Å². The molecule has 1 aromatic carbocycles. The maximum Gasteiger partial charge on any atom is 0.322 e. The van der Waals surface area contributed by atoms with E-state index in [0.29, 0.717) is 5.56 Å². The van der Waals surface area contributed by atoms with Crippen LogP contribution in [0.3, 0.4) is 0 Å². The first kappa shape index (κ1) is 22.9. The Morgan fingerprint density at radius 2 is 1.57 bits per heavy atom. The second kappa shape index (κ2) is 10.9. The van der Waals surface area contributed by atoms with Crippen molar-refractivity contribution in [2.45, 2.75) is 32.4 Å². The van der Waals surface area contributed by atoms with E-state index < -0.39 is 42.3 Å². The summed E-state index contributed by atoms with van der Waals surface area (Å²) in [5, 5.41) is 25.1. The Bertz CT molecular complexity index is 705. The molecule has 7 N–H and O–H groups in total. The number of carbonyl (C=O) groups excluding carboxylic acids is 3. The summed E-state index contributed by atoms with van der Waals surface area (Å²) >= 11 is 0. The zero-order valence-electron chi connectivity index (χ0n) is 15.8. The molecule has 3 amide bonds. The lowest BCUT2D eigenvalue weighted by Crippen LogP contribution is -2.52. The van der Waals surface area contributed by atoms with Crippen molar-refractivity contribution >= 4 is 23.7 Å². The fourth-order valence-electron chi connectivity index (χ4n) is 2.20. The molecule has 1 rings (SSSR count). The normalized spacial score (nSPS) is 12.7. The van der Waals surface area contributed by atoms with Crippen molar-refractivity contribution in [3.63, 3.8) is 0 Å². The van der Waals surface area contributed by atoms with E-state index in [-0.39, 0.29) is 24.6 Å². The van der Waals surface area contributed by atoms with Crippen LogP contribution in [0.2, 0.25) is 0 Å². The topological polar surface area (TPSA) is 171 Å². The first-order chi connectivity index (χ1) is 13.1. The Morgan fingerprint density at radius 1 is 1.00 bits per heavy atom. The summed E-state index contributed by atoms with van der Waals surface area (Å²) < 4.78 is 0. The molecule has 0 heterocycles. The van der Waals surface area contributed by atoms with Crippen molar-refractivity contribution < 1.29 is 29.4 Å². The number of nitrogens with two attached hydrogens (primary N) is 1.